The Balaban J connectivity index is 1.88. The number of hydrogen-bond donors (Lipinski definition) is 1. The standard InChI is InChI=1S/C16H16BrNO3S/c1-19-15-10-11(16(18)22)2-7-14(15)21-9-8-20-13-5-3-12(17)4-6-13/h2-7,10H,8-9H2,1H3,(H2,18,22). The normalized spacial score (nSPS) is 10.1. The van der Waals surface area contributed by atoms with Crippen molar-refractivity contribution >= 4 is 33.1 Å². The van der Waals surface area contributed by atoms with Crippen molar-refractivity contribution in [2.75, 3.05) is 20.3 Å². The number of hydrogen-bond acceptors (Lipinski definition) is 4. The van der Waals surface area contributed by atoms with Gasteiger partial charge in [0.15, 0.2) is 11.5 Å². The smallest absolute Gasteiger partial charge is 0.161 e. The molecule has 2 N–H and O–H groups in total. The molecule has 0 fully saturated rings. The van der Waals surface area contributed by atoms with Crippen molar-refractivity contribution in [2.45, 2.75) is 0 Å². The predicted octanol–water partition coefficient (Wildman–Crippen LogP) is 3.55. The third-order valence-corrected chi connectivity index (χ3v) is 3.64. The highest BCUT2D eigenvalue weighted by Crippen LogP contribution is 2.28. The van der Waals surface area contributed by atoms with Gasteiger partial charge in [0.25, 0.3) is 0 Å². The topological polar surface area (TPSA) is 53.7 Å². The molecule has 6 heteroatoms. The second kappa shape index (κ2) is 8.00. The maximum Gasteiger partial charge on any atom is 0.161 e. The van der Waals surface area contributed by atoms with Crippen molar-refractivity contribution in [1.82, 2.24) is 0 Å². The van der Waals surface area contributed by atoms with E-state index in [1.54, 1.807) is 25.3 Å². The number of ether oxygens (including phenoxy) is 3. The molecule has 0 radical (unpaired) electrons. The predicted molar refractivity (Wildman–Crippen MR) is 94.0 cm³/mol. The van der Waals surface area contributed by atoms with Gasteiger partial charge in [-0.05, 0) is 42.5 Å². The lowest BCUT2D eigenvalue weighted by Gasteiger charge is -2.12. The molecule has 2 aromatic carbocycles. The number of rotatable bonds is 7. The molecular weight excluding hydrogens is 366 g/mol. The average Bonchev–Trinajstić information content (AvgIpc) is 2.53. The zero-order valence-corrected chi connectivity index (χ0v) is 14.4. The Morgan fingerprint density at radius 3 is 2.36 bits per heavy atom. The Kier molecular flexibility index (Phi) is 6.03. The summed E-state index contributed by atoms with van der Waals surface area (Å²) in [5.41, 5.74) is 6.34. The summed E-state index contributed by atoms with van der Waals surface area (Å²) in [7, 11) is 1.57. The van der Waals surface area contributed by atoms with Crippen LogP contribution in [0.2, 0.25) is 0 Å². The molecule has 0 saturated heterocycles. The van der Waals surface area contributed by atoms with E-state index in [1.165, 1.54) is 0 Å². The molecule has 4 nitrogen and oxygen atoms in total. The summed E-state index contributed by atoms with van der Waals surface area (Å²) in [5, 5.41) is 0. The van der Waals surface area contributed by atoms with Crippen LogP contribution in [0.5, 0.6) is 17.2 Å². The monoisotopic (exact) mass is 381 g/mol. The summed E-state index contributed by atoms with van der Waals surface area (Å²) in [4.78, 5) is 0.323. The van der Waals surface area contributed by atoms with Gasteiger partial charge in [-0.3, -0.25) is 0 Å². The van der Waals surface area contributed by atoms with E-state index < -0.39 is 0 Å². The van der Waals surface area contributed by atoms with E-state index in [2.05, 4.69) is 15.9 Å². The van der Waals surface area contributed by atoms with Crippen LogP contribution in [-0.2, 0) is 0 Å². The summed E-state index contributed by atoms with van der Waals surface area (Å²) in [6.45, 7) is 0.834. The minimum absolute atomic E-state index is 0.323. The van der Waals surface area contributed by atoms with Gasteiger partial charge in [0.1, 0.15) is 24.0 Å². The molecule has 0 spiro atoms. The third-order valence-electron chi connectivity index (χ3n) is 2.87. The molecule has 0 amide bonds. The maximum absolute atomic E-state index is 5.66. The SMILES string of the molecule is COc1cc(C(N)=S)ccc1OCCOc1ccc(Br)cc1. The highest BCUT2D eigenvalue weighted by Gasteiger charge is 2.07. The fourth-order valence-corrected chi connectivity index (χ4v) is 2.17. The number of thiocarbonyl (C=S) groups is 1. The van der Waals surface area contributed by atoms with Gasteiger partial charge in [0, 0.05) is 10.0 Å². The number of methoxy groups -OCH3 is 1. The first-order valence-electron chi connectivity index (χ1n) is 6.59. The number of halogens is 1. The van der Waals surface area contributed by atoms with Crippen LogP contribution in [0.3, 0.4) is 0 Å². The van der Waals surface area contributed by atoms with E-state index in [1.807, 2.05) is 24.3 Å². The zero-order chi connectivity index (χ0) is 15.9. The van der Waals surface area contributed by atoms with Gasteiger partial charge in [-0.25, -0.2) is 0 Å². The average molecular weight is 382 g/mol. The van der Waals surface area contributed by atoms with Crippen molar-refractivity contribution in [3.8, 4) is 17.2 Å². The van der Waals surface area contributed by atoms with Crippen LogP contribution in [0.25, 0.3) is 0 Å². The summed E-state index contributed by atoms with van der Waals surface area (Å²) < 4.78 is 17.5. The largest absolute Gasteiger partial charge is 0.493 e. The Morgan fingerprint density at radius 2 is 1.73 bits per heavy atom. The molecule has 22 heavy (non-hydrogen) atoms. The van der Waals surface area contributed by atoms with E-state index in [9.17, 15) is 0 Å². The highest BCUT2D eigenvalue weighted by molar-refractivity contribution is 9.10. The van der Waals surface area contributed by atoms with E-state index in [0.717, 1.165) is 15.8 Å². The lowest BCUT2D eigenvalue weighted by atomic mass is 10.2. The van der Waals surface area contributed by atoms with Gasteiger partial charge in [0.05, 0.1) is 7.11 Å². The molecule has 0 heterocycles. The van der Waals surface area contributed by atoms with Crippen LogP contribution in [0.15, 0.2) is 46.9 Å². The first-order chi connectivity index (χ1) is 10.6. The van der Waals surface area contributed by atoms with E-state index >= 15 is 0 Å². The van der Waals surface area contributed by atoms with Gasteiger partial charge in [-0.2, -0.15) is 0 Å². The van der Waals surface area contributed by atoms with Crippen LogP contribution in [0.1, 0.15) is 5.56 Å². The molecular formula is C16H16BrNO3S. The van der Waals surface area contributed by atoms with Crippen LogP contribution in [0, 0.1) is 0 Å². The summed E-state index contributed by atoms with van der Waals surface area (Å²) in [6.07, 6.45) is 0. The number of nitrogens with two attached hydrogens (primary N) is 1. The molecule has 0 aromatic heterocycles. The molecule has 0 bridgehead atoms. The minimum Gasteiger partial charge on any atom is -0.493 e. The second-order valence-electron chi connectivity index (χ2n) is 4.38. The molecule has 0 aliphatic rings. The summed E-state index contributed by atoms with van der Waals surface area (Å²) >= 11 is 8.32. The highest BCUT2D eigenvalue weighted by atomic mass is 79.9. The van der Waals surface area contributed by atoms with Gasteiger partial charge < -0.3 is 19.9 Å². The fourth-order valence-electron chi connectivity index (χ4n) is 1.78. The lowest BCUT2D eigenvalue weighted by molar-refractivity contribution is 0.211. The van der Waals surface area contributed by atoms with Crippen LogP contribution in [0.4, 0.5) is 0 Å². The molecule has 0 aliphatic heterocycles. The Labute approximate surface area is 143 Å². The van der Waals surface area contributed by atoms with Gasteiger partial charge >= 0.3 is 0 Å². The quantitative estimate of drug-likeness (QED) is 0.586. The Bertz CT molecular complexity index is 646. The Hall–Kier alpha value is -1.79. The zero-order valence-electron chi connectivity index (χ0n) is 12.0. The molecule has 2 aromatic rings. The number of benzene rings is 2. The van der Waals surface area contributed by atoms with Crippen molar-refractivity contribution in [2.24, 2.45) is 5.73 Å². The lowest BCUT2D eigenvalue weighted by Crippen LogP contribution is -2.11. The molecule has 0 unspecified atom stereocenters. The van der Waals surface area contributed by atoms with Crippen molar-refractivity contribution < 1.29 is 14.2 Å². The van der Waals surface area contributed by atoms with Crippen molar-refractivity contribution in [1.29, 1.82) is 0 Å². The molecule has 0 atom stereocenters. The maximum atomic E-state index is 5.66. The first kappa shape index (κ1) is 16.6. The van der Waals surface area contributed by atoms with Crippen LogP contribution < -0.4 is 19.9 Å². The van der Waals surface area contributed by atoms with E-state index in [4.69, 9.17) is 32.2 Å². The molecule has 2 rings (SSSR count). The van der Waals surface area contributed by atoms with Crippen molar-refractivity contribution in [3.63, 3.8) is 0 Å². The van der Waals surface area contributed by atoms with Crippen molar-refractivity contribution in [3.05, 3.63) is 52.5 Å². The molecule has 0 aliphatic carbocycles. The van der Waals surface area contributed by atoms with E-state index in [-0.39, 0.29) is 0 Å². The van der Waals surface area contributed by atoms with E-state index in [0.29, 0.717) is 29.7 Å². The second-order valence-corrected chi connectivity index (χ2v) is 5.74. The molecule has 116 valence electrons. The Morgan fingerprint density at radius 1 is 1.05 bits per heavy atom. The van der Waals surface area contributed by atoms with Gasteiger partial charge in [-0.1, -0.05) is 28.1 Å². The van der Waals surface area contributed by atoms with Gasteiger partial charge in [0.2, 0.25) is 0 Å². The fraction of sp³-hybridized carbons (Fsp3) is 0.188. The first-order valence-corrected chi connectivity index (χ1v) is 7.79. The summed E-state index contributed by atoms with van der Waals surface area (Å²) in [6, 6.07) is 13.0. The van der Waals surface area contributed by atoms with Gasteiger partial charge in [-0.15, -0.1) is 0 Å². The van der Waals surface area contributed by atoms with Crippen LogP contribution >= 0.6 is 28.1 Å². The van der Waals surface area contributed by atoms with Crippen LogP contribution in [-0.4, -0.2) is 25.3 Å². The summed E-state index contributed by atoms with van der Waals surface area (Å²) in [5.74, 6) is 2.01. The minimum atomic E-state index is 0.323. The third kappa shape index (κ3) is 4.61. The molecule has 0 saturated carbocycles.